The molecule has 2 aliphatic heterocycles. The minimum atomic E-state index is -0.578. The van der Waals surface area contributed by atoms with Crippen LogP contribution in [0.15, 0.2) is 21.7 Å². The van der Waals surface area contributed by atoms with Crippen LogP contribution in [0.4, 0.5) is 0 Å². The van der Waals surface area contributed by atoms with E-state index in [0.717, 1.165) is 12.8 Å². The number of carbonyl (C=O) groups is 4. The lowest BCUT2D eigenvalue weighted by atomic mass is 10.1. The zero-order chi connectivity index (χ0) is 47.3. The van der Waals surface area contributed by atoms with Gasteiger partial charge >= 0.3 is 0 Å². The van der Waals surface area contributed by atoms with Gasteiger partial charge < -0.3 is 43.5 Å². The second kappa shape index (κ2) is 28.3. The van der Waals surface area contributed by atoms with Gasteiger partial charge in [-0.25, -0.2) is 0 Å². The topological polar surface area (TPSA) is 192 Å². The van der Waals surface area contributed by atoms with E-state index in [2.05, 4.69) is 10.6 Å². The first-order chi connectivity index (χ1) is 31.3. The normalized spacial score (nSPS) is 13.8. The Morgan fingerprint density at radius 3 is 1.49 bits per heavy atom. The predicted octanol–water partition coefficient (Wildman–Crippen LogP) is 2.85. The average Bonchev–Trinajstić information content (AvgIpc) is 3.92. The van der Waals surface area contributed by atoms with Crippen molar-refractivity contribution in [3.8, 4) is 11.5 Å². The largest absolute Gasteiger partial charge is 0.487 e. The maximum absolute atomic E-state index is 13.8. The fourth-order valence-corrected chi connectivity index (χ4v) is 9.08. The lowest BCUT2D eigenvalue weighted by Crippen LogP contribution is -2.43. The third kappa shape index (κ3) is 16.1. The number of hydrogen-bond donors (Lipinski definition) is 2. The Morgan fingerprint density at radius 1 is 0.662 bits per heavy atom. The highest BCUT2D eigenvalue weighted by Crippen LogP contribution is 2.26. The van der Waals surface area contributed by atoms with Gasteiger partial charge in [-0.05, 0) is 38.8 Å². The number of ether oxygens (including phenoxy) is 5. The number of thioether (sulfide) groups is 2. The third-order valence-corrected chi connectivity index (χ3v) is 13.2. The number of methoxy groups -OCH3 is 1. The monoisotopic (exact) mass is 981 g/mol. The summed E-state index contributed by atoms with van der Waals surface area (Å²) in [6.07, 6.45) is 2.99. The number of unbranched alkanes of at least 4 members (excludes halogenated alkanes) is 2. The number of thiocarbonyl (C=S) groups is 2. The smallest absolute Gasteiger partial charge is 0.294 e. The molecular formula is C43H63N7O11S4. The fraction of sp³-hybridized carbons (Fsp3) is 0.628. The van der Waals surface area contributed by atoms with E-state index in [0.29, 0.717) is 110 Å². The van der Waals surface area contributed by atoms with Gasteiger partial charge in [0, 0.05) is 75.8 Å². The fourth-order valence-electron chi connectivity index (χ4n) is 6.67. The minimum Gasteiger partial charge on any atom is -0.487 e. The van der Waals surface area contributed by atoms with Crippen LogP contribution in [-0.2, 0) is 36.9 Å². The molecule has 4 heterocycles. The summed E-state index contributed by atoms with van der Waals surface area (Å²) < 4.78 is 31.5. The second-order valence-electron chi connectivity index (χ2n) is 15.1. The zero-order valence-electron chi connectivity index (χ0n) is 38.1. The molecule has 2 aromatic rings. The number of aryl methyl sites for hydroxylation is 2. The molecule has 65 heavy (non-hydrogen) atoms. The average molecular weight is 982 g/mol. The molecular weight excluding hydrogens is 919 g/mol. The Labute approximate surface area is 399 Å². The van der Waals surface area contributed by atoms with Crippen molar-refractivity contribution in [1.29, 1.82) is 0 Å². The molecule has 0 bridgehead atoms. The molecule has 2 aromatic heterocycles. The minimum absolute atomic E-state index is 0.103. The van der Waals surface area contributed by atoms with Crippen LogP contribution in [0.25, 0.3) is 0 Å². The van der Waals surface area contributed by atoms with E-state index in [1.807, 2.05) is 18.7 Å². The SMILES string of the molecule is CCCCOc1c(C(=O)N2CCSC2=S)cc(C)n(CC(=O)NCCN(CCNC(=O)Cn2c(C)cc(C(=O)N3CCSC3=S)c(OCCCC)c2=O)CCOCCOCCOC)c1=O. The van der Waals surface area contributed by atoms with Crippen LogP contribution in [0.2, 0.25) is 0 Å². The maximum atomic E-state index is 13.8. The highest BCUT2D eigenvalue weighted by molar-refractivity contribution is 8.23. The Kier molecular flexibility index (Phi) is 23.4. The summed E-state index contributed by atoms with van der Waals surface area (Å²) in [4.78, 5) is 86.2. The molecule has 0 unspecified atom stereocenters. The van der Waals surface area contributed by atoms with Gasteiger partial charge in [-0.15, -0.1) is 0 Å². The van der Waals surface area contributed by atoms with Crippen LogP contribution < -0.4 is 31.2 Å². The van der Waals surface area contributed by atoms with E-state index in [1.54, 1.807) is 33.1 Å². The highest BCUT2D eigenvalue weighted by atomic mass is 32.2. The molecule has 0 saturated carbocycles. The molecule has 0 spiro atoms. The van der Waals surface area contributed by atoms with Crippen molar-refractivity contribution in [1.82, 2.24) is 34.5 Å². The van der Waals surface area contributed by atoms with Crippen molar-refractivity contribution in [3.63, 3.8) is 0 Å². The number of amides is 4. The summed E-state index contributed by atoms with van der Waals surface area (Å²) in [5.74, 6) is -0.514. The van der Waals surface area contributed by atoms with E-state index in [1.165, 1.54) is 42.5 Å². The molecule has 22 heteroatoms. The number of rotatable bonds is 29. The molecule has 0 aliphatic carbocycles. The Hall–Kier alpha value is -3.90. The third-order valence-electron chi connectivity index (χ3n) is 10.3. The summed E-state index contributed by atoms with van der Waals surface area (Å²) in [6, 6.07) is 3.14. The van der Waals surface area contributed by atoms with Gasteiger partial charge in [-0.3, -0.25) is 43.5 Å². The zero-order valence-corrected chi connectivity index (χ0v) is 41.3. The van der Waals surface area contributed by atoms with Crippen molar-refractivity contribution in [3.05, 3.63) is 55.4 Å². The van der Waals surface area contributed by atoms with Gasteiger partial charge in [-0.2, -0.15) is 0 Å². The molecule has 18 nitrogen and oxygen atoms in total. The van der Waals surface area contributed by atoms with Crippen molar-refractivity contribution in [2.75, 3.05) is 111 Å². The molecule has 2 saturated heterocycles. The summed E-state index contributed by atoms with van der Waals surface area (Å²) in [7, 11) is 1.60. The van der Waals surface area contributed by atoms with Crippen LogP contribution in [-0.4, -0.2) is 167 Å². The molecule has 0 atom stereocenters. The van der Waals surface area contributed by atoms with E-state index < -0.39 is 34.7 Å². The molecule has 4 rings (SSSR count). The molecule has 4 amide bonds. The molecule has 2 N–H and O–H groups in total. The van der Waals surface area contributed by atoms with Crippen molar-refractivity contribution < 1.29 is 42.9 Å². The summed E-state index contributed by atoms with van der Waals surface area (Å²) >= 11 is 13.5. The van der Waals surface area contributed by atoms with Crippen LogP contribution in [0, 0.1) is 13.8 Å². The van der Waals surface area contributed by atoms with Gasteiger partial charge in [0.25, 0.3) is 22.9 Å². The first-order valence-electron chi connectivity index (χ1n) is 21.9. The molecule has 2 aliphatic rings. The van der Waals surface area contributed by atoms with Crippen LogP contribution in [0.3, 0.4) is 0 Å². The second-order valence-corrected chi connectivity index (χ2v) is 18.6. The highest BCUT2D eigenvalue weighted by Gasteiger charge is 2.31. The summed E-state index contributed by atoms with van der Waals surface area (Å²) in [6.45, 7) is 11.7. The number of hydrogen-bond acceptors (Lipinski definition) is 16. The Bertz CT molecular complexity index is 1970. The molecule has 0 aromatic carbocycles. The quantitative estimate of drug-likeness (QED) is 0.0893. The van der Waals surface area contributed by atoms with Crippen LogP contribution in [0.1, 0.15) is 71.6 Å². The van der Waals surface area contributed by atoms with Gasteiger partial charge in [-0.1, -0.05) is 74.6 Å². The van der Waals surface area contributed by atoms with Crippen molar-refractivity contribution in [2.24, 2.45) is 0 Å². The number of carbonyl (C=O) groups excluding carboxylic acids is 4. The van der Waals surface area contributed by atoms with E-state index in [-0.39, 0.29) is 62.0 Å². The van der Waals surface area contributed by atoms with Gasteiger partial charge in [0.15, 0.2) is 11.5 Å². The molecule has 360 valence electrons. The summed E-state index contributed by atoms with van der Waals surface area (Å²) in [5.41, 5.74) is -0.0812. The summed E-state index contributed by atoms with van der Waals surface area (Å²) in [5, 5.41) is 5.77. The van der Waals surface area contributed by atoms with Gasteiger partial charge in [0.2, 0.25) is 11.8 Å². The predicted molar refractivity (Wildman–Crippen MR) is 260 cm³/mol. The number of nitrogens with zero attached hydrogens (tertiary/aromatic N) is 5. The lowest BCUT2D eigenvalue weighted by molar-refractivity contribution is -0.122. The van der Waals surface area contributed by atoms with E-state index in [4.69, 9.17) is 48.1 Å². The number of nitrogens with one attached hydrogen (secondary N) is 2. The van der Waals surface area contributed by atoms with Gasteiger partial charge in [0.05, 0.1) is 57.4 Å². The number of pyridine rings is 2. The Balaban J connectivity index is 1.40. The molecule has 2 fully saturated rings. The van der Waals surface area contributed by atoms with Crippen LogP contribution >= 0.6 is 48.0 Å². The first kappa shape index (κ1) is 53.7. The Morgan fingerprint density at radius 2 is 1.09 bits per heavy atom. The van der Waals surface area contributed by atoms with Crippen LogP contribution in [0.5, 0.6) is 11.5 Å². The number of aromatic nitrogens is 2. The maximum Gasteiger partial charge on any atom is 0.294 e. The lowest BCUT2D eigenvalue weighted by Gasteiger charge is -2.23. The van der Waals surface area contributed by atoms with E-state index >= 15 is 0 Å². The standard InChI is InChI=1S/C43H63N7O11S4/c1-6-8-17-60-36-32(38(53)47-15-24-64-42(47)62)26-30(3)49(40(36)55)28-34(51)44-10-12-46(14-19-58-22-23-59-21-20-57-5)13-11-45-35(52)29-50-31(4)27-33(37(41(50)56)61-18-9-7-2)39(54)48-16-25-65-43(48)63/h26-27H,6-25,28-29H2,1-5H3,(H,44,51)(H,45,52). The van der Waals surface area contributed by atoms with Crippen molar-refractivity contribution >= 4 is 80.2 Å². The van der Waals surface area contributed by atoms with Gasteiger partial charge in [0.1, 0.15) is 21.7 Å². The van der Waals surface area contributed by atoms with Crippen molar-refractivity contribution in [2.45, 2.75) is 66.5 Å². The molecule has 0 radical (unpaired) electrons. The first-order valence-corrected chi connectivity index (χ1v) is 24.7. The van der Waals surface area contributed by atoms with E-state index in [9.17, 15) is 28.8 Å².